The summed E-state index contributed by atoms with van der Waals surface area (Å²) in [5.74, 6) is -1.02. The molecular weight excluding hydrogens is 358 g/mol. The smallest absolute Gasteiger partial charge is 0.290 e. The average molecular weight is 373 g/mol. The molecule has 1 aliphatic rings. The van der Waals surface area contributed by atoms with E-state index in [2.05, 4.69) is 0 Å². The van der Waals surface area contributed by atoms with E-state index in [1.165, 1.54) is 0 Å². The van der Waals surface area contributed by atoms with Gasteiger partial charge in [0.15, 0.2) is 0 Å². The molecule has 1 aliphatic heterocycles. The number of carbonyl (C=O) groups excluding carboxylic acids is 2. The summed E-state index contributed by atoms with van der Waals surface area (Å²) in [6.07, 6.45) is 0. The van der Waals surface area contributed by atoms with Gasteiger partial charge in [-0.15, -0.1) is 0 Å². The number of nitrogens with zero attached hydrogens (tertiary/aromatic N) is 1. The minimum absolute atomic E-state index is 0.151. The highest BCUT2D eigenvalue weighted by Crippen LogP contribution is 2.41. The monoisotopic (exact) mass is 373 g/mol. The van der Waals surface area contributed by atoms with Crippen LogP contribution in [0.4, 0.5) is 0 Å². The Balaban J connectivity index is 1.86. The lowest BCUT2D eigenvalue weighted by Crippen LogP contribution is -2.42. The van der Waals surface area contributed by atoms with Crippen LogP contribution in [-0.4, -0.2) is 21.9 Å². The summed E-state index contributed by atoms with van der Waals surface area (Å²) >= 11 is 5.30. The van der Waals surface area contributed by atoms with Gasteiger partial charge in [0.25, 0.3) is 17.0 Å². The van der Waals surface area contributed by atoms with Crippen molar-refractivity contribution in [3.63, 3.8) is 0 Å². The maximum atomic E-state index is 13.5. The molecule has 0 atom stereocenters. The Hall–Kier alpha value is -3.31. The third-order valence-electron chi connectivity index (χ3n) is 4.51. The lowest BCUT2D eigenvalue weighted by molar-refractivity contribution is -0.133. The van der Waals surface area contributed by atoms with Gasteiger partial charge < -0.3 is 4.74 Å². The molecule has 0 bridgehead atoms. The molecule has 2 amide bonds. The number of hydrogen-bond donors (Lipinski definition) is 0. The molecule has 4 rings (SSSR count). The SMILES string of the molecule is O=C(c1ccccc1)N1C(=O)C(c2ccccc2)(c2ccccc2)OC1=S. The van der Waals surface area contributed by atoms with Crippen LogP contribution < -0.4 is 0 Å². The maximum absolute atomic E-state index is 13.5. The van der Waals surface area contributed by atoms with E-state index in [1.807, 2.05) is 36.4 Å². The van der Waals surface area contributed by atoms with Crippen LogP contribution in [-0.2, 0) is 15.1 Å². The van der Waals surface area contributed by atoms with Crippen LogP contribution in [0.1, 0.15) is 21.5 Å². The average Bonchev–Trinajstić information content (AvgIpc) is 3.00. The van der Waals surface area contributed by atoms with E-state index in [1.54, 1.807) is 54.6 Å². The zero-order chi connectivity index (χ0) is 18.9. The molecule has 0 aromatic heterocycles. The molecule has 4 nitrogen and oxygen atoms in total. The molecular formula is C22H15NO3S. The highest BCUT2D eigenvalue weighted by molar-refractivity contribution is 7.80. The van der Waals surface area contributed by atoms with Crippen LogP contribution in [0.5, 0.6) is 0 Å². The van der Waals surface area contributed by atoms with Gasteiger partial charge in [0.05, 0.1) is 0 Å². The number of amides is 2. The summed E-state index contributed by atoms with van der Waals surface area (Å²) in [5.41, 5.74) is 0.122. The molecule has 1 saturated heterocycles. The van der Waals surface area contributed by atoms with Crippen LogP contribution in [0.2, 0.25) is 0 Å². The Bertz CT molecular complexity index is 964. The number of hydrogen-bond acceptors (Lipinski definition) is 4. The van der Waals surface area contributed by atoms with Gasteiger partial charge in [0.2, 0.25) is 5.60 Å². The number of thiocarbonyl (C=S) groups is 1. The van der Waals surface area contributed by atoms with E-state index in [9.17, 15) is 9.59 Å². The first kappa shape index (κ1) is 17.1. The van der Waals surface area contributed by atoms with Gasteiger partial charge in [0.1, 0.15) is 0 Å². The molecule has 132 valence electrons. The van der Waals surface area contributed by atoms with Crippen molar-refractivity contribution in [1.29, 1.82) is 0 Å². The molecule has 0 spiro atoms. The topological polar surface area (TPSA) is 46.6 Å². The predicted octanol–water partition coefficient (Wildman–Crippen LogP) is 3.91. The van der Waals surface area contributed by atoms with Crippen molar-refractivity contribution >= 4 is 29.2 Å². The van der Waals surface area contributed by atoms with Crippen molar-refractivity contribution in [2.24, 2.45) is 0 Å². The molecule has 1 fully saturated rings. The highest BCUT2D eigenvalue weighted by Gasteiger charge is 2.56. The zero-order valence-corrected chi connectivity index (χ0v) is 15.1. The summed E-state index contributed by atoms with van der Waals surface area (Å²) in [6.45, 7) is 0. The summed E-state index contributed by atoms with van der Waals surface area (Å²) in [4.78, 5) is 27.5. The standard InChI is InChI=1S/C22H15NO3S/c24-19(16-10-4-1-5-11-16)23-20(25)22(26-21(23)27,17-12-6-2-7-13-17)18-14-8-3-9-15-18/h1-15H. The molecule has 3 aromatic carbocycles. The van der Waals surface area contributed by atoms with Crippen LogP contribution in [0.25, 0.3) is 0 Å². The quantitative estimate of drug-likeness (QED) is 0.516. The van der Waals surface area contributed by atoms with E-state index < -0.39 is 17.4 Å². The van der Waals surface area contributed by atoms with E-state index >= 15 is 0 Å². The van der Waals surface area contributed by atoms with Gasteiger partial charge in [-0.2, -0.15) is 0 Å². The number of carbonyl (C=O) groups is 2. The van der Waals surface area contributed by atoms with E-state index in [-0.39, 0.29) is 5.17 Å². The van der Waals surface area contributed by atoms with Gasteiger partial charge in [-0.05, 0) is 24.4 Å². The van der Waals surface area contributed by atoms with Gasteiger partial charge in [-0.3, -0.25) is 9.59 Å². The third-order valence-corrected chi connectivity index (χ3v) is 4.78. The number of ether oxygens (including phenoxy) is 1. The van der Waals surface area contributed by atoms with Crippen LogP contribution in [0.15, 0.2) is 91.0 Å². The van der Waals surface area contributed by atoms with Crippen molar-refractivity contribution in [1.82, 2.24) is 4.90 Å². The van der Waals surface area contributed by atoms with Gasteiger partial charge >= 0.3 is 0 Å². The minimum atomic E-state index is -1.48. The zero-order valence-electron chi connectivity index (χ0n) is 14.2. The highest BCUT2D eigenvalue weighted by atomic mass is 32.1. The van der Waals surface area contributed by atoms with Crippen LogP contribution in [0.3, 0.4) is 0 Å². The summed E-state index contributed by atoms with van der Waals surface area (Å²) < 4.78 is 5.98. The first-order valence-electron chi connectivity index (χ1n) is 8.42. The molecule has 5 heteroatoms. The Morgan fingerprint density at radius 3 is 1.70 bits per heavy atom. The molecule has 0 saturated carbocycles. The molecule has 0 N–H and O–H groups in total. The molecule has 3 aromatic rings. The second kappa shape index (κ2) is 6.78. The summed E-state index contributed by atoms with van der Waals surface area (Å²) in [6, 6.07) is 26.7. The Morgan fingerprint density at radius 2 is 1.22 bits per heavy atom. The van der Waals surface area contributed by atoms with Crippen LogP contribution >= 0.6 is 12.2 Å². The van der Waals surface area contributed by atoms with E-state index in [0.29, 0.717) is 16.7 Å². The van der Waals surface area contributed by atoms with Crippen molar-refractivity contribution in [2.45, 2.75) is 5.60 Å². The molecule has 0 unspecified atom stereocenters. The second-order valence-corrected chi connectivity index (χ2v) is 6.44. The van der Waals surface area contributed by atoms with Crippen molar-refractivity contribution < 1.29 is 14.3 Å². The van der Waals surface area contributed by atoms with E-state index in [0.717, 1.165) is 4.90 Å². The van der Waals surface area contributed by atoms with Crippen molar-refractivity contribution in [3.8, 4) is 0 Å². The lowest BCUT2D eigenvalue weighted by Gasteiger charge is -2.26. The molecule has 1 heterocycles. The molecule has 0 radical (unpaired) electrons. The van der Waals surface area contributed by atoms with E-state index in [4.69, 9.17) is 17.0 Å². The van der Waals surface area contributed by atoms with Gasteiger partial charge in [0, 0.05) is 16.7 Å². The third kappa shape index (κ3) is 2.73. The Morgan fingerprint density at radius 1 is 0.778 bits per heavy atom. The fourth-order valence-corrected chi connectivity index (χ4v) is 3.51. The first-order chi connectivity index (χ1) is 13.1. The number of rotatable bonds is 3. The fraction of sp³-hybridized carbons (Fsp3) is 0.0455. The van der Waals surface area contributed by atoms with Gasteiger partial charge in [-0.1, -0.05) is 78.9 Å². The van der Waals surface area contributed by atoms with Gasteiger partial charge in [-0.25, -0.2) is 4.90 Å². The molecule has 27 heavy (non-hydrogen) atoms. The Kier molecular flexibility index (Phi) is 4.30. The summed E-state index contributed by atoms with van der Waals surface area (Å²) in [7, 11) is 0. The summed E-state index contributed by atoms with van der Waals surface area (Å²) in [5, 5.41) is -0.151. The normalized spacial score (nSPS) is 15.5. The second-order valence-electron chi connectivity index (χ2n) is 6.09. The predicted molar refractivity (Wildman–Crippen MR) is 105 cm³/mol. The number of benzene rings is 3. The largest absolute Gasteiger partial charge is 0.443 e. The fourth-order valence-electron chi connectivity index (χ4n) is 3.22. The maximum Gasteiger partial charge on any atom is 0.290 e. The first-order valence-corrected chi connectivity index (χ1v) is 8.83. The molecule has 0 aliphatic carbocycles. The lowest BCUT2D eigenvalue weighted by atomic mass is 9.85. The number of imide groups is 1. The minimum Gasteiger partial charge on any atom is -0.443 e. The van der Waals surface area contributed by atoms with Crippen LogP contribution in [0, 0.1) is 0 Å². The van der Waals surface area contributed by atoms with Crippen molar-refractivity contribution in [2.75, 3.05) is 0 Å². The Labute approximate surface area is 162 Å². The van der Waals surface area contributed by atoms with Crippen molar-refractivity contribution in [3.05, 3.63) is 108 Å².